The Labute approximate surface area is 185 Å². The zero-order valence-corrected chi connectivity index (χ0v) is 18.2. The van der Waals surface area contributed by atoms with E-state index in [1.165, 1.54) is 63.2 Å². The van der Waals surface area contributed by atoms with Gasteiger partial charge in [0.15, 0.2) is 0 Å². The smallest absolute Gasteiger partial charge is 0.0414 e. The Hall–Kier alpha value is -3.58. The van der Waals surface area contributed by atoms with Crippen molar-refractivity contribution < 1.29 is 0 Å². The van der Waals surface area contributed by atoms with Crippen molar-refractivity contribution in [2.24, 2.45) is 0 Å². The molecule has 0 spiro atoms. The molecular formula is C30H27N. The average Bonchev–Trinajstić information content (AvgIpc) is 2.79. The molecule has 0 N–H and O–H groups in total. The van der Waals surface area contributed by atoms with Crippen molar-refractivity contribution in [1.29, 1.82) is 0 Å². The minimum absolute atomic E-state index is 1.18. The quantitative estimate of drug-likeness (QED) is 0.310. The molecule has 0 amide bonds. The fraction of sp³-hybridized carbons (Fsp3) is 0.133. The van der Waals surface area contributed by atoms with Gasteiger partial charge in [-0.25, -0.2) is 0 Å². The molecule has 0 heterocycles. The molecule has 5 rings (SSSR count). The van der Waals surface area contributed by atoms with Gasteiger partial charge in [-0.2, -0.15) is 0 Å². The Bertz CT molecular complexity index is 1230. The normalized spacial score (nSPS) is 12.5. The van der Waals surface area contributed by atoms with E-state index in [4.69, 9.17) is 0 Å². The molecular weight excluding hydrogens is 374 g/mol. The molecule has 0 unspecified atom stereocenters. The van der Waals surface area contributed by atoms with Crippen LogP contribution in [0, 0.1) is 6.92 Å². The predicted molar refractivity (Wildman–Crippen MR) is 134 cm³/mol. The van der Waals surface area contributed by atoms with E-state index in [0.717, 1.165) is 0 Å². The number of benzene rings is 4. The van der Waals surface area contributed by atoms with Gasteiger partial charge in [0.25, 0.3) is 0 Å². The van der Waals surface area contributed by atoms with Crippen molar-refractivity contribution in [2.45, 2.75) is 19.8 Å². The summed E-state index contributed by atoms with van der Waals surface area (Å²) in [6.07, 6.45) is 6.78. The number of rotatable bonds is 5. The van der Waals surface area contributed by atoms with Crippen LogP contribution in [-0.2, 0) is 12.8 Å². The van der Waals surface area contributed by atoms with Crippen LogP contribution >= 0.6 is 0 Å². The zero-order chi connectivity index (χ0) is 21.2. The van der Waals surface area contributed by atoms with Gasteiger partial charge in [-0.05, 0) is 77.4 Å². The second-order valence-corrected chi connectivity index (χ2v) is 8.43. The van der Waals surface area contributed by atoms with Gasteiger partial charge in [-0.3, -0.25) is 0 Å². The molecule has 1 nitrogen and oxygen atoms in total. The second-order valence-electron chi connectivity index (χ2n) is 8.43. The largest absolute Gasteiger partial charge is 0.345 e. The van der Waals surface area contributed by atoms with Crippen molar-refractivity contribution in [1.82, 2.24) is 0 Å². The summed E-state index contributed by atoms with van der Waals surface area (Å²) in [5, 5.41) is 0. The highest BCUT2D eigenvalue weighted by Gasteiger charge is 2.13. The molecule has 31 heavy (non-hydrogen) atoms. The summed E-state index contributed by atoms with van der Waals surface area (Å²) in [4.78, 5) is 2.25. The zero-order valence-electron chi connectivity index (χ0n) is 18.2. The summed E-state index contributed by atoms with van der Waals surface area (Å²) in [7, 11) is 2.13. The van der Waals surface area contributed by atoms with Gasteiger partial charge in [0.1, 0.15) is 0 Å². The molecule has 0 atom stereocenters. The van der Waals surface area contributed by atoms with E-state index in [1.807, 2.05) is 0 Å². The summed E-state index contributed by atoms with van der Waals surface area (Å²) in [5.74, 6) is 0. The Morgan fingerprint density at radius 3 is 1.90 bits per heavy atom. The highest BCUT2D eigenvalue weighted by atomic mass is 15.1. The maximum atomic E-state index is 2.35. The molecule has 0 saturated heterocycles. The Morgan fingerprint density at radius 2 is 1.26 bits per heavy atom. The van der Waals surface area contributed by atoms with Gasteiger partial charge in [0, 0.05) is 18.4 Å². The van der Waals surface area contributed by atoms with Crippen molar-refractivity contribution >= 4 is 23.5 Å². The van der Waals surface area contributed by atoms with Gasteiger partial charge in [0.05, 0.1) is 0 Å². The van der Waals surface area contributed by atoms with Gasteiger partial charge >= 0.3 is 0 Å². The van der Waals surface area contributed by atoms with Crippen molar-refractivity contribution in [3.8, 4) is 11.1 Å². The average molecular weight is 402 g/mol. The van der Waals surface area contributed by atoms with Crippen LogP contribution < -0.4 is 4.90 Å². The standard InChI is InChI=1S/C30H27N/c1-22-6-8-23(9-7-22)10-11-24-12-18-29(19-13-24)31(2)30-5-3-4-26(21-30)28-17-15-25-14-16-27(25)20-28/h3-13,15,17-21H,14,16H2,1-2H3/b11-10+. The van der Waals surface area contributed by atoms with Crippen molar-refractivity contribution in [2.75, 3.05) is 11.9 Å². The molecule has 1 aliphatic rings. The van der Waals surface area contributed by atoms with Crippen LogP contribution in [0.5, 0.6) is 0 Å². The van der Waals surface area contributed by atoms with Crippen molar-refractivity contribution in [3.63, 3.8) is 0 Å². The van der Waals surface area contributed by atoms with E-state index < -0.39 is 0 Å². The van der Waals surface area contributed by atoms with Crippen LogP contribution in [0.2, 0.25) is 0 Å². The number of hydrogen-bond donors (Lipinski definition) is 0. The molecule has 152 valence electrons. The number of hydrogen-bond acceptors (Lipinski definition) is 1. The lowest BCUT2D eigenvalue weighted by atomic mass is 9.86. The van der Waals surface area contributed by atoms with Gasteiger partial charge < -0.3 is 4.90 Å². The summed E-state index contributed by atoms with van der Waals surface area (Å²) < 4.78 is 0. The van der Waals surface area contributed by atoms with Crippen LogP contribution in [0.3, 0.4) is 0 Å². The highest BCUT2D eigenvalue weighted by molar-refractivity contribution is 5.74. The predicted octanol–water partition coefficient (Wildman–Crippen LogP) is 7.70. The van der Waals surface area contributed by atoms with Gasteiger partial charge in [0.2, 0.25) is 0 Å². The van der Waals surface area contributed by atoms with Gasteiger partial charge in [-0.1, -0.05) is 84.4 Å². The third-order valence-electron chi connectivity index (χ3n) is 6.26. The molecule has 1 heteroatoms. The first kappa shape index (κ1) is 19.4. The van der Waals surface area contributed by atoms with E-state index in [0.29, 0.717) is 0 Å². The number of aryl methyl sites for hydroxylation is 3. The molecule has 4 aromatic rings. The summed E-state index contributed by atoms with van der Waals surface area (Å²) >= 11 is 0. The Morgan fingerprint density at radius 1 is 0.613 bits per heavy atom. The lowest BCUT2D eigenvalue weighted by molar-refractivity contribution is 0.840. The molecule has 0 fully saturated rings. The minimum atomic E-state index is 1.18. The fourth-order valence-corrected chi connectivity index (χ4v) is 4.10. The first-order valence-electron chi connectivity index (χ1n) is 11.0. The van der Waals surface area contributed by atoms with E-state index in [2.05, 4.69) is 122 Å². The molecule has 0 radical (unpaired) electrons. The Balaban J connectivity index is 1.33. The molecule has 0 aliphatic heterocycles. The SMILES string of the molecule is Cc1ccc(/C=C/c2ccc(N(C)c3cccc(-c4ccc5c(c4)CC5)c3)cc2)cc1. The first-order valence-corrected chi connectivity index (χ1v) is 11.0. The van der Waals surface area contributed by atoms with E-state index in [9.17, 15) is 0 Å². The monoisotopic (exact) mass is 401 g/mol. The van der Waals surface area contributed by atoms with Crippen LogP contribution in [0.15, 0.2) is 91.0 Å². The second kappa shape index (κ2) is 8.28. The van der Waals surface area contributed by atoms with Crippen LogP contribution in [-0.4, -0.2) is 7.05 Å². The van der Waals surface area contributed by atoms with E-state index in [-0.39, 0.29) is 0 Å². The third kappa shape index (κ3) is 4.18. The fourth-order valence-electron chi connectivity index (χ4n) is 4.10. The topological polar surface area (TPSA) is 3.24 Å². The van der Waals surface area contributed by atoms with E-state index >= 15 is 0 Å². The number of fused-ring (bicyclic) bond motifs is 1. The third-order valence-corrected chi connectivity index (χ3v) is 6.26. The minimum Gasteiger partial charge on any atom is -0.345 e. The molecule has 0 aromatic heterocycles. The van der Waals surface area contributed by atoms with E-state index in [1.54, 1.807) is 0 Å². The first-order chi connectivity index (χ1) is 15.2. The molecule has 0 saturated carbocycles. The molecule has 0 bridgehead atoms. The summed E-state index contributed by atoms with van der Waals surface area (Å²) in [5.41, 5.74) is 11.7. The number of nitrogens with zero attached hydrogens (tertiary/aromatic N) is 1. The summed E-state index contributed by atoms with van der Waals surface area (Å²) in [6, 6.07) is 33.0. The lowest BCUT2D eigenvalue weighted by Gasteiger charge is -2.22. The Kier molecular flexibility index (Phi) is 5.18. The lowest BCUT2D eigenvalue weighted by Crippen LogP contribution is -2.09. The highest BCUT2D eigenvalue weighted by Crippen LogP contribution is 2.32. The number of anilines is 2. The van der Waals surface area contributed by atoms with Crippen LogP contribution in [0.1, 0.15) is 27.8 Å². The van der Waals surface area contributed by atoms with Crippen LogP contribution in [0.25, 0.3) is 23.3 Å². The maximum absolute atomic E-state index is 2.35. The molecule has 4 aromatic carbocycles. The van der Waals surface area contributed by atoms with Crippen LogP contribution in [0.4, 0.5) is 11.4 Å². The molecule has 1 aliphatic carbocycles. The van der Waals surface area contributed by atoms with Crippen molar-refractivity contribution in [3.05, 3.63) is 119 Å². The van der Waals surface area contributed by atoms with Gasteiger partial charge in [-0.15, -0.1) is 0 Å². The summed E-state index contributed by atoms with van der Waals surface area (Å²) in [6.45, 7) is 2.11. The maximum Gasteiger partial charge on any atom is 0.0414 e.